The molecule has 0 fully saturated rings. The molecular weight excluding hydrogens is 670 g/mol. The van der Waals surface area contributed by atoms with E-state index in [0.717, 1.165) is 17.7 Å². The number of aryl methyl sites for hydroxylation is 1. The molecule has 1 unspecified atom stereocenters. The lowest BCUT2D eigenvalue weighted by Gasteiger charge is -2.34. The molecule has 0 saturated carbocycles. The van der Waals surface area contributed by atoms with Gasteiger partial charge in [-0.3, -0.25) is 13.9 Å². The van der Waals surface area contributed by atoms with E-state index in [1.807, 2.05) is 6.92 Å². The largest absolute Gasteiger partial charge is 0.417 e. The number of amides is 2. The molecule has 1 N–H and O–H groups in total. The molecule has 0 spiro atoms. The summed E-state index contributed by atoms with van der Waals surface area (Å²) in [5, 5.41) is 2.14. The van der Waals surface area contributed by atoms with E-state index in [1.165, 1.54) is 53.4 Å². The Morgan fingerprint density at radius 1 is 0.896 bits per heavy atom. The van der Waals surface area contributed by atoms with Crippen LogP contribution in [-0.2, 0) is 38.8 Å². The number of hydrogen-bond acceptors (Lipinski definition) is 4. The molecule has 0 bridgehead atoms. The maximum Gasteiger partial charge on any atom is 0.417 e. The number of rotatable bonds is 13. The first-order valence-corrected chi connectivity index (χ1v) is 16.8. The SMILES string of the molecule is CCCNC(=O)C(Cc1ccccc1)N(Cc1ccc(F)cc1)C(=O)CN(c1ccc(Cl)c(C(F)(F)F)c1)S(=O)(=O)c1ccc(C)cc1. The summed E-state index contributed by atoms with van der Waals surface area (Å²) in [6.45, 7) is 2.67. The van der Waals surface area contributed by atoms with Crippen molar-refractivity contribution in [2.24, 2.45) is 0 Å². The van der Waals surface area contributed by atoms with Crippen molar-refractivity contribution < 1.29 is 35.6 Å². The number of nitrogens with zero attached hydrogens (tertiary/aromatic N) is 2. The van der Waals surface area contributed by atoms with Crippen LogP contribution in [0.25, 0.3) is 0 Å². The van der Waals surface area contributed by atoms with Gasteiger partial charge in [0.2, 0.25) is 11.8 Å². The van der Waals surface area contributed by atoms with E-state index in [4.69, 9.17) is 11.6 Å². The average Bonchev–Trinajstić information content (AvgIpc) is 3.05. The van der Waals surface area contributed by atoms with Gasteiger partial charge < -0.3 is 10.2 Å². The lowest BCUT2D eigenvalue weighted by molar-refractivity contribution is -0.140. The smallest absolute Gasteiger partial charge is 0.354 e. The molecule has 0 aliphatic carbocycles. The molecule has 7 nitrogen and oxygen atoms in total. The Bertz CT molecular complexity index is 1820. The zero-order valence-corrected chi connectivity index (χ0v) is 27.7. The molecule has 0 aliphatic heterocycles. The van der Waals surface area contributed by atoms with Gasteiger partial charge in [0.1, 0.15) is 18.4 Å². The topological polar surface area (TPSA) is 86.8 Å². The van der Waals surface area contributed by atoms with Crippen molar-refractivity contribution in [2.45, 2.75) is 50.3 Å². The number of carbonyl (C=O) groups excluding carboxylic acids is 2. The molecule has 0 aromatic heterocycles. The summed E-state index contributed by atoms with van der Waals surface area (Å²) in [6.07, 6.45) is -4.30. The van der Waals surface area contributed by atoms with Crippen LogP contribution in [0.5, 0.6) is 0 Å². The molecular formula is C35H34ClF4N3O4S. The molecule has 48 heavy (non-hydrogen) atoms. The van der Waals surface area contributed by atoms with Crippen LogP contribution in [0.4, 0.5) is 23.2 Å². The summed E-state index contributed by atoms with van der Waals surface area (Å²) in [6, 6.07) is 21.1. The molecule has 1 atom stereocenters. The molecule has 4 aromatic carbocycles. The monoisotopic (exact) mass is 703 g/mol. The maximum atomic E-state index is 14.4. The Balaban J connectivity index is 1.85. The Labute approximate surface area is 282 Å². The number of hydrogen-bond donors (Lipinski definition) is 1. The lowest BCUT2D eigenvalue weighted by Crippen LogP contribution is -2.53. The van der Waals surface area contributed by atoms with Gasteiger partial charge in [-0.15, -0.1) is 0 Å². The molecule has 0 heterocycles. The number of carbonyl (C=O) groups is 2. The van der Waals surface area contributed by atoms with Crippen LogP contribution in [-0.4, -0.2) is 44.3 Å². The van der Waals surface area contributed by atoms with Gasteiger partial charge in [-0.05, 0) is 66.9 Å². The summed E-state index contributed by atoms with van der Waals surface area (Å²) < 4.78 is 84.4. The lowest BCUT2D eigenvalue weighted by atomic mass is 10.0. The second-order valence-electron chi connectivity index (χ2n) is 11.1. The first-order chi connectivity index (χ1) is 22.7. The van der Waals surface area contributed by atoms with E-state index in [-0.39, 0.29) is 17.9 Å². The van der Waals surface area contributed by atoms with Crippen molar-refractivity contribution in [1.82, 2.24) is 10.2 Å². The highest BCUT2D eigenvalue weighted by Crippen LogP contribution is 2.38. The molecule has 4 rings (SSSR count). The highest BCUT2D eigenvalue weighted by Gasteiger charge is 2.37. The molecule has 0 radical (unpaired) electrons. The third-order valence-corrected chi connectivity index (χ3v) is 9.64. The van der Waals surface area contributed by atoms with Gasteiger partial charge >= 0.3 is 6.18 Å². The van der Waals surface area contributed by atoms with Crippen LogP contribution >= 0.6 is 11.6 Å². The highest BCUT2D eigenvalue weighted by atomic mass is 35.5. The minimum Gasteiger partial charge on any atom is -0.354 e. The number of halogens is 5. The van der Waals surface area contributed by atoms with Crippen LogP contribution in [0.2, 0.25) is 5.02 Å². The highest BCUT2D eigenvalue weighted by molar-refractivity contribution is 7.92. The summed E-state index contributed by atoms with van der Waals surface area (Å²) in [4.78, 5) is 29.0. The fourth-order valence-electron chi connectivity index (χ4n) is 4.96. The first kappa shape index (κ1) is 36.4. The van der Waals surface area contributed by atoms with E-state index in [0.29, 0.717) is 34.5 Å². The van der Waals surface area contributed by atoms with E-state index in [9.17, 15) is 35.6 Å². The predicted octanol–water partition coefficient (Wildman–Crippen LogP) is 7.17. The maximum absolute atomic E-state index is 14.4. The number of benzene rings is 4. The Morgan fingerprint density at radius 3 is 2.15 bits per heavy atom. The average molecular weight is 704 g/mol. The van der Waals surface area contributed by atoms with Gasteiger partial charge in [0.05, 0.1) is 21.2 Å². The molecule has 0 saturated heterocycles. The molecule has 0 aliphatic rings. The third kappa shape index (κ3) is 9.13. The summed E-state index contributed by atoms with van der Waals surface area (Å²) >= 11 is 5.85. The van der Waals surface area contributed by atoms with Crippen molar-refractivity contribution in [3.63, 3.8) is 0 Å². The van der Waals surface area contributed by atoms with Crippen molar-refractivity contribution >= 4 is 39.1 Å². The van der Waals surface area contributed by atoms with E-state index >= 15 is 0 Å². The van der Waals surface area contributed by atoms with Crippen LogP contribution in [0, 0.1) is 12.7 Å². The van der Waals surface area contributed by atoms with Crippen LogP contribution in [0.3, 0.4) is 0 Å². The number of anilines is 1. The van der Waals surface area contributed by atoms with Gasteiger partial charge in [-0.2, -0.15) is 13.2 Å². The van der Waals surface area contributed by atoms with Crippen molar-refractivity contribution in [1.29, 1.82) is 0 Å². The Kier molecular flexibility index (Phi) is 11.9. The quantitative estimate of drug-likeness (QED) is 0.150. The predicted molar refractivity (Wildman–Crippen MR) is 176 cm³/mol. The third-order valence-electron chi connectivity index (χ3n) is 7.52. The minimum atomic E-state index is -4.93. The van der Waals surface area contributed by atoms with Crippen molar-refractivity contribution in [3.8, 4) is 0 Å². The van der Waals surface area contributed by atoms with Crippen molar-refractivity contribution in [3.05, 3.63) is 130 Å². The number of nitrogens with one attached hydrogen (secondary N) is 1. The van der Waals surface area contributed by atoms with Gasteiger partial charge in [0.15, 0.2) is 0 Å². The fourth-order valence-corrected chi connectivity index (χ4v) is 6.59. The van der Waals surface area contributed by atoms with Crippen LogP contribution in [0.1, 0.15) is 35.6 Å². The first-order valence-electron chi connectivity index (χ1n) is 15.0. The normalized spacial score (nSPS) is 12.3. The standard InChI is InChI=1S/C35H34ClF4N3O4S/c1-3-19-41-34(45)32(20-25-7-5-4-6-8-25)42(22-26-11-13-27(37)14-12-26)33(44)23-43(48(46,47)29-16-9-24(2)10-17-29)28-15-18-31(36)30(21-28)35(38,39)40/h4-18,21,32H,3,19-20,22-23H2,1-2H3,(H,41,45). The van der Waals surface area contributed by atoms with E-state index in [2.05, 4.69) is 5.32 Å². The van der Waals surface area contributed by atoms with Gasteiger partial charge in [0, 0.05) is 19.5 Å². The number of alkyl halides is 3. The molecule has 13 heteroatoms. The Morgan fingerprint density at radius 2 is 1.54 bits per heavy atom. The Hall–Kier alpha value is -4.42. The van der Waals surface area contributed by atoms with Gasteiger partial charge in [-0.1, -0.05) is 78.7 Å². The second-order valence-corrected chi connectivity index (χ2v) is 13.4. The zero-order valence-electron chi connectivity index (χ0n) is 26.2. The summed E-state index contributed by atoms with van der Waals surface area (Å²) in [7, 11) is -4.65. The number of sulfonamides is 1. The van der Waals surface area contributed by atoms with Crippen molar-refractivity contribution in [2.75, 3.05) is 17.4 Å². The van der Waals surface area contributed by atoms with E-state index < -0.39 is 62.7 Å². The van der Waals surface area contributed by atoms with Crippen LogP contribution in [0.15, 0.2) is 102 Å². The fraction of sp³-hybridized carbons (Fsp3) is 0.257. The molecule has 4 aromatic rings. The molecule has 254 valence electrons. The second kappa shape index (κ2) is 15.7. The minimum absolute atomic E-state index is 0.0349. The summed E-state index contributed by atoms with van der Waals surface area (Å²) in [5.41, 5.74) is 0.113. The summed E-state index contributed by atoms with van der Waals surface area (Å²) in [5.74, 6) is -1.93. The zero-order chi connectivity index (χ0) is 35.1. The molecule has 2 amide bonds. The van der Waals surface area contributed by atoms with E-state index in [1.54, 1.807) is 37.3 Å². The van der Waals surface area contributed by atoms with Gasteiger partial charge in [-0.25, -0.2) is 12.8 Å². The van der Waals surface area contributed by atoms with Gasteiger partial charge in [0.25, 0.3) is 10.0 Å². The van der Waals surface area contributed by atoms with Crippen LogP contribution < -0.4 is 9.62 Å².